The van der Waals surface area contributed by atoms with E-state index < -0.39 is 10.0 Å². The summed E-state index contributed by atoms with van der Waals surface area (Å²) in [6.07, 6.45) is 0. The van der Waals surface area contributed by atoms with E-state index in [0.29, 0.717) is 44.2 Å². The molecule has 2 aromatic rings. The highest BCUT2D eigenvalue weighted by Crippen LogP contribution is 2.24. The molecule has 0 aliphatic carbocycles. The minimum absolute atomic E-state index is 0.0517. The van der Waals surface area contributed by atoms with E-state index >= 15 is 0 Å². The third kappa shape index (κ3) is 4.91. The standard InChI is InChI=1S/C21H30N4O4S/c1-16(2)25(14-19-8-6-5-7-9-19)20(26)15-23-10-12-24(13-11-23)30(27,28)21-17(3)22-29-18(21)4/h5-9,16H,10-15H2,1-4H3. The van der Waals surface area contributed by atoms with Crippen molar-refractivity contribution >= 4 is 15.9 Å². The molecule has 1 aromatic carbocycles. The van der Waals surface area contributed by atoms with Crippen molar-refractivity contribution in [2.24, 2.45) is 0 Å². The second-order valence-electron chi connectivity index (χ2n) is 7.93. The van der Waals surface area contributed by atoms with E-state index in [1.54, 1.807) is 13.8 Å². The first kappa shape index (κ1) is 22.5. The van der Waals surface area contributed by atoms with Gasteiger partial charge in [0.2, 0.25) is 15.9 Å². The minimum atomic E-state index is -3.65. The molecular formula is C21H30N4O4S. The van der Waals surface area contributed by atoms with E-state index in [9.17, 15) is 13.2 Å². The first-order valence-electron chi connectivity index (χ1n) is 10.2. The van der Waals surface area contributed by atoms with Crippen LogP contribution in [0.15, 0.2) is 39.8 Å². The third-order valence-electron chi connectivity index (χ3n) is 5.40. The summed E-state index contributed by atoms with van der Waals surface area (Å²) >= 11 is 0. The molecule has 0 radical (unpaired) electrons. The molecule has 1 saturated heterocycles. The molecule has 30 heavy (non-hydrogen) atoms. The number of carbonyl (C=O) groups is 1. The summed E-state index contributed by atoms with van der Waals surface area (Å²) in [5.41, 5.74) is 1.47. The Bertz CT molecular complexity index is 945. The van der Waals surface area contributed by atoms with Gasteiger partial charge in [-0.05, 0) is 33.3 Å². The molecule has 8 nitrogen and oxygen atoms in total. The number of nitrogens with zero attached hydrogens (tertiary/aromatic N) is 4. The van der Waals surface area contributed by atoms with Gasteiger partial charge in [-0.3, -0.25) is 9.69 Å². The van der Waals surface area contributed by atoms with E-state index in [1.165, 1.54) is 4.31 Å². The van der Waals surface area contributed by atoms with E-state index in [4.69, 9.17) is 4.52 Å². The lowest BCUT2D eigenvalue weighted by molar-refractivity contribution is -0.135. The fourth-order valence-electron chi connectivity index (χ4n) is 3.72. The second-order valence-corrected chi connectivity index (χ2v) is 9.81. The summed E-state index contributed by atoms with van der Waals surface area (Å²) in [6, 6.07) is 10.0. The summed E-state index contributed by atoms with van der Waals surface area (Å²) in [5, 5.41) is 3.76. The predicted octanol–water partition coefficient (Wildman–Crippen LogP) is 2.03. The average molecular weight is 435 g/mol. The van der Waals surface area contributed by atoms with Gasteiger partial charge in [-0.15, -0.1) is 0 Å². The van der Waals surface area contributed by atoms with Gasteiger partial charge in [-0.1, -0.05) is 35.5 Å². The Morgan fingerprint density at radius 1 is 1.13 bits per heavy atom. The zero-order chi connectivity index (χ0) is 21.9. The van der Waals surface area contributed by atoms with Crippen LogP contribution in [0.2, 0.25) is 0 Å². The summed E-state index contributed by atoms with van der Waals surface area (Å²) in [4.78, 5) is 17.0. The minimum Gasteiger partial charge on any atom is -0.360 e. The van der Waals surface area contributed by atoms with Crippen molar-refractivity contribution in [1.82, 2.24) is 19.3 Å². The fraction of sp³-hybridized carbons (Fsp3) is 0.524. The zero-order valence-corrected chi connectivity index (χ0v) is 18.9. The molecule has 1 aromatic heterocycles. The van der Waals surface area contributed by atoms with Crippen molar-refractivity contribution in [1.29, 1.82) is 0 Å². The van der Waals surface area contributed by atoms with Gasteiger partial charge >= 0.3 is 0 Å². The van der Waals surface area contributed by atoms with Crippen molar-refractivity contribution < 1.29 is 17.7 Å². The molecular weight excluding hydrogens is 404 g/mol. The topological polar surface area (TPSA) is 87.0 Å². The first-order chi connectivity index (χ1) is 14.2. The van der Waals surface area contributed by atoms with E-state index in [2.05, 4.69) is 5.16 Å². The molecule has 1 aliphatic rings. The van der Waals surface area contributed by atoms with Gasteiger partial charge < -0.3 is 9.42 Å². The van der Waals surface area contributed by atoms with Crippen LogP contribution in [0.5, 0.6) is 0 Å². The number of carbonyl (C=O) groups excluding carboxylic acids is 1. The molecule has 164 valence electrons. The van der Waals surface area contributed by atoms with Gasteiger partial charge in [0, 0.05) is 38.8 Å². The van der Waals surface area contributed by atoms with Crippen LogP contribution in [-0.2, 0) is 21.4 Å². The number of sulfonamides is 1. The molecule has 0 unspecified atom stereocenters. The van der Waals surface area contributed by atoms with Crippen LogP contribution >= 0.6 is 0 Å². The van der Waals surface area contributed by atoms with E-state index in [-0.39, 0.29) is 23.4 Å². The third-order valence-corrected chi connectivity index (χ3v) is 7.54. The molecule has 3 rings (SSSR count). The van der Waals surface area contributed by atoms with Crippen LogP contribution in [0.1, 0.15) is 30.9 Å². The lowest BCUT2D eigenvalue weighted by Gasteiger charge is -2.35. The molecule has 0 N–H and O–H groups in total. The van der Waals surface area contributed by atoms with E-state index in [0.717, 1.165) is 5.56 Å². The SMILES string of the molecule is Cc1noc(C)c1S(=O)(=O)N1CCN(CC(=O)N(Cc2ccccc2)C(C)C)CC1. The Morgan fingerprint density at radius 2 is 1.77 bits per heavy atom. The van der Waals surface area contributed by atoms with E-state index in [1.807, 2.05) is 54.0 Å². The smallest absolute Gasteiger partial charge is 0.248 e. The highest BCUT2D eigenvalue weighted by Gasteiger charge is 2.34. The van der Waals surface area contributed by atoms with Crippen LogP contribution in [0, 0.1) is 13.8 Å². The molecule has 1 fully saturated rings. The average Bonchev–Trinajstić information content (AvgIpc) is 3.06. The first-order valence-corrected chi connectivity index (χ1v) is 11.6. The lowest BCUT2D eigenvalue weighted by atomic mass is 10.2. The van der Waals surface area contributed by atoms with Crippen LogP contribution < -0.4 is 0 Å². The van der Waals surface area contributed by atoms with Crippen LogP contribution in [0.3, 0.4) is 0 Å². The largest absolute Gasteiger partial charge is 0.360 e. The lowest BCUT2D eigenvalue weighted by Crippen LogP contribution is -2.52. The number of hydrogen-bond acceptors (Lipinski definition) is 6. The summed E-state index contributed by atoms with van der Waals surface area (Å²) in [6.45, 7) is 9.78. The monoisotopic (exact) mass is 434 g/mol. The predicted molar refractivity (Wildman–Crippen MR) is 113 cm³/mol. The number of benzene rings is 1. The molecule has 2 heterocycles. The fourth-order valence-corrected chi connectivity index (χ4v) is 5.43. The zero-order valence-electron chi connectivity index (χ0n) is 18.0. The van der Waals surface area contributed by atoms with Crippen molar-refractivity contribution in [2.75, 3.05) is 32.7 Å². The van der Waals surface area contributed by atoms with Gasteiger partial charge in [0.05, 0.1) is 6.54 Å². The summed E-state index contributed by atoms with van der Waals surface area (Å²) in [7, 11) is -3.65. The molecule has 1 amide bonds. The van der Waals surface area contributed by atoms with Crippen molar-refractivity contribution in [3.8, 4) is 0 Å². The Hall–Kier alpha value is -2.23. The Morgan fingerprint density at radius 3 is 2.30 bits per heavy atom. The number of rotatable bonds is 7. The van der Waals surface area contributed by atoms with Crippen molar-refractivity contribution in [2.45, 2.75) is 45.2 Å². The second kappa shape index (κ2) is 9.28. The number of aryl methyl sites for hydroxylation is 2. The summed E-state index contributed by atoms with van der Waals surface area (Å²) in [5.74, 6) is 0.356. The normalized spacial score (nSPS) is 16.2. The van der Waals surface area contributed by atoms with Gasteiger partial charge in [-0.2, -0.15) is 4.31 Å². The van der Waals surface area contributed by atoms with Gasteiger partial charge in [-0.25, -0.2) is 8.42 Å². The highest BCUT2D eigenvalue weighted by molar-refractivity contribution is 7.89. The maximum atomic E-state index is 13.0. The van der Waals surface area contributed by atoms with Gasteiger partial charge in [0.1, 0.15) is 10.6 Å². The summed E-state index contributed by atoms with van der Waals surface area (Å²) < 4.78 is 32.4. The number of aromatic nitrogens is 1. The Balaban J connectivity index is 1.60. The maximum absolute atomic E-state index is 13.0. The molecule has 0 spiro atoms. The number of hydrogen-bond donors (Lipinski definition) is 0. The van der Waals surface area contributed by atoms with Crippen LogP contribution in [-0.4, -0.2) is 72.4 Å². The molecule has 0 atom stereocenters. The van der Waals surface area contributed by atoms with Gasteiger partial charge in [0.15, 0.2) is 5.76 Å². The van der Waals surface area contributed by atoms with Gasteiger partial charge in [0.25, 0.3) is 0 Å². The maximum Gasteiger partial charge on any atom is 0.248 e. The van der Waals surface area contributed by atoms with Crippen LogP contribution in [0.25, 0.3) is 0 Å². The van der Waals surface area contributed by atoms with Crippen molar-refractivity contribution in [3.05, 3.63) is 47.3 Å². The Labute approximate surface area is 178 Å². The quantitative estimate of drug-likeness (QED) is 0.663. The number of amides is 1. The molecule has 0 saturated carbocycles. The molecule has 1 aliphatic heterocycles. The highest BCUT2D eigenvalue weighted by atomic mass is 32.2. The Kier molecular flexibility index (Phi) is 6.95. The molecule has 0 bridgehead atoms. The number of piperazine rings is 1. The van der Waals surface area contributed by atoms with Crippen molar-refractivity contribution in [3.63, 3.8) is 0 Å². The molecule has 9 heteroatoms. The van der Waals surface area contributed by atoms with Crippen LogP contribution in [0.4, 0.5) is 0 Å².